The topological polar surface area (TPSA) is 41.6 Å². The predicted molar refractivity (Wildman–Crippen MR) is 116 cm³/mol. The second-order valence-corrected chi connectivity index (χ2v) is 7.90. The average Bonchev–Trinajstić information content (AvgIpc) is 3.40. The molecule has 0 spiro atoms. The highest BCUT2D eigenvalue weighted by atomic mass is 16.5. The van der Waals surface area contributed by atoms with Crippen LogP contribution in [0.3, 0.4) is 0 Å². The van der Waals surface area contributed by atoms with Gasteiger partial charge in [-0.1, -0.05) is 42.5 Å². The normalized spacial score (nSPS) is 19.0. The highest BCUT2D eigenvalue weighted by molar-refractivity contribution is 5.87. The Morgan fingerprint density at radius 3 is 2.83 bits per heavy atom. The SMILES string of the molecule is CCOC(=O)/C=C/c1ccc([C@@H]2CCCN2CCc2ccc3c(c2)CNC3)cc1. The molecule has 0 saturated carbocycles. The van der Waals surface area contributed by atoms with Gasteiger partial charge >= 0.3 is 5.97 Å². The van der Waals surface area contributed by atoms with E-state index in [1.165, 1.54) is 47.7 Å². The number of fused-ring (bicyclic) bond motifs is 1. The minimum absolute atomic E-state index is 0.291. The maximum Gasteiger partial charge on any atom is 0.330 e. The quantitative estimate of drug-likeness (QED) is 0.567. The van der Waals surface area contributed by atoms with E-state index in [0.29, 0.717) is 12.6 Å². The molecule has 0 radical (unpaired) electrons. The van der Waals surface area contributed by atoms with Crippen molar-refractivity contribution in [3.63, 3.8) is 0 Å². The monoisotopic (exact) mass is 390 g/mol. The lowest BCUT2D eigenvalue weighted by atomic mass is 10.0. The first-order valence-corrected chi connectivity index (χ1v) is 10.7. The largest absolute Gasteiger partial charge is 0.463 e. The summed E-state index contributed by atoms with van der Waals surface area (Å²) in [6.07, 6.45) is 6.88. The second-order valence-electron chi connectivity index (χ2n) is 7.90. The van der Waals surface area contributed by atoms with Crippen LogP contribution in [0.4, 0.5) is 0 Å². The highest BCUT2D eigenvalue weighted by Gasteiger charge is 2.25. The Balaban J connectivity index is 1.36. The molecule has 1 saturated heterocycles. The number of benzene rings is 2. The molecule has 0 unspecified atom stereocenters. The third kappa shape index (κ3) is 4.95. The molecule has 0 amide bonds. The summed E-state index contributed by atoms with van der Waals surface area (Å²) in [5.41, 5.74) is 6.75. The number of hydrogen-bond donors (Lipinski definition) is 1. The number of nitrogens with zero attached hydrogens (tertiary/aromatic N) is 1. The van der Waals surface area contributed by atoms with E-state index in [1.807, 2.05) is 13.0 Å². The molecule has 0 bridgehead atoms. The minimum Gasteiger partial charge on any atom is -0.463 e. The summed E-state index contributed by atoms with van der Waals surface area (Å²) in [6, 6.07) is 16.0. The molecule has 2 aromatic carbocycles. The summed E-state index contributed by atoms with van der Waals surface area (Å²) >= 11 is 0. The molecule has 4 heteroatoms. The van der Waals surface area contributed by atoms with Gasteiger partial charge in [0, 0.05) is 31.8 Å². The van der Waals surface area contributed by atoms with E-state index >= 15 is 0 Å². The number of esters is 1. The minimum atomic E-state index is -0.291. The van der Waals surface area contributed by atoms with Crippen LogP contribution in [0.2, 0.25) is 0 Å². The van der Waals surface area contributed by atoms with E-state index in [1.54, 1.807) is 0 Å². The van der Waals surface area contributed by atoms with E-state index in [9.17, 15) is 4.79 Å². The van der Waals surface area contributed by atoms with Crippen LogP contribution in [0.1, 0.15) is 53.6 Å². The van der Waals surface area contributed by atoms with Crippen LogP contribution < -0.4 is 5.32 Å². The van der Waals surface area contributed by atoms with Crippen LogP contribution in [0, 0.1) is 0 Å². The van der Waals surface area contributed by atoms with Crippen LogP contribution in [-0.4, -0.2) is 30.6 Å². The maximum atomic E-state index is 11.5. The second kappa shape index (κ2) is 9.38. The summed E-state index contributed by atoms with van der Waals surface area (Å²) in [6.45, 7) is 6.50. The van der Waals surface area contributed by atoms with Crippen molar-refractivity contribution in [2.24, 2.45) is 0 Å². The zero-order chi connectivity index (χ0) is 20.1. The van der Waals surface area contributed by atoms with Gasteiger partial charge in [0.15, 0.2) is 0 Å². The molecule has 29 heavy (non-hydrogen) atoms. The Bertz CT molecular complexity index is 873. The number of likely N-dealkylation sites (tertiary alicyclic amines) is 1. The molecule has 0 aliphatic carbocycles. The predicted octanol–water partition coefficient (Wildman–Crippen LogP) is 4.25. The fourth-order valence-corrected chi connectivity index (χ4v) is 4.43. The summed E-state index contributed by atoms with van der Waals surface area (Å²) < 4.78 is 4.93. The summed E-state index contributed by atoms with van der Waals surface area (Å²) in [5.74, 6) is -0.291. The lowest BCUT2D eigenvalue weighted by Gasteiger charge is -2.25. The fourth-order valence-electron chi connectivity index (χ4n) is 4.43. The third-order valence-corrected chi connectivity index (χ3v) is 5.97. The van der Waals surface area contributed by atoms with Crippen molar-refractivity contribution in [2.45, 2.75) is 45.3 Å². The van der Waals surface area contributed by atoms with Crippen LogP contribution in [-0.2, 0) is 29.0 Å². The molecule has 2 aliphatic heterocycles. The van der Waals surface area contributed by atoms with Gasteiger partial charge in [-0.25, -0.2) is 4.79 Å². The lowest BCUT2D eigenvalue weighted by Crippen LogP contribution is -2.25. The standard InChI is InChI=1S/C25H30N2O2/c1-2-29-25(28)12-8-19-5-9-21(10-6-19)24-4-3-14-27(24)15-13-20-7-11-22-17-26-18-23(22)16-20/h5-12,16,24,26H,2-4,13-15,17-18H2,1H3/b12-8+/t24-/m0/s1. The van der Waals surface area contributed by atoms with Crippen molar-refractivity contribution < 1.29 is 9.53 Å². The fraction of sp³-hybridized carbons (Fsp3) is 0.400. The first-order chi connectivity index (χ1) is 14.2. The molecular formula is C25H30N2O2. The molecule has 1 fully saturated rings. The van der Waals surface area contributed by atoms with E-state index in [2.05, 4.69) is 52.7 Å². The Morgan fingerprint density at radius 1 is 1.17 bits per heavy atom. The van der Waals surface area contributed by atoms with E-state index in [0.717, 1.165) is 31.6 Å². The van der Waals surface area contributed by atoms with Gasteiger partial charge in [-0.05, 0) is 66.6 Å². The molecule has 4 nitrogen and oxygen atoms in total. The molecule has 152 valence electrons. The number of carbonyl (C=O) groups is 1. The number of rotatable bonds is 7. The van der Waals surface area contributed by atoms with Gasteiger partial charge in [0.05, 0.1) is 6.61 Å². The van der Waals surface area contributed by atoms with E-state index < -0.39 is 0 Å². The van der Waals surface area contributed by atoms with Gasteiger partial charge < -0.3 is 10.1 Å². The zero-order valence-electron chi connectivity index (χ0n) is 17.2. The molecule has 2 aromatic rings. The van der Waals surface area contributed by atoms with Crippen molar-refractivity contribution in [1.29, 1.82) is 0 Å². The van der Waals surface area contributed by atoms with Crippen LogP contribution in [0.5, 0.6) is 0 Å². The molecule has 2 heterocycles. The average molecular weight is 391 g/mol. The maximum absolute atomic E-state index is 11.5. The lowest BCUT2D eigenvalue weighted by molar-refractivity contribution is -0.137. The van der Waals surface area contributed by atoms with Crippen LogP contribution in [0.25, 0.3) is 6.08 Å². The third-order valence-electron chi connectivity index (χ3n) is 5.97. The molecule has 4 rings (SSSR count). The molecule has 1 N–H and O–H groups in total. The molecule has 0 aromatic heterocycles. The van der Waals surface area contributed by atoms with Crippen molar-refractivity contribution in [3.05, 3.63) is 76.4 Å². The zero-order valence-corrected chi connectivity index (χ0v) is 17.2. The van der Waals surface area contributed by atoms with E-state index in [-0.39, 0.29) is 5.97 Å². The van der Waals surface area contributed by atoms with E-state index in [4.69, 9.17) is 4.74 Å². The Labute approximate surface area is 173 Å². The van der Waals surface area contributed by atoms with Gasteiger partial charge in [-0.2, -0.15) is 0 Å². The van der Waals surface area contributed by atoms with Gasteiger partial charge in [0.25, 0.3) is 0 Å². The molecular weight excluding hydrogens is 360 g/mol. The summed E-state index contributed by atoms with van der Waals surface area (Å²) in [5, 5.41) is 3.43. The van der Waals surface area contributed by atoms with Gasteiger partial charge in [-0.3, -0.25) is 4.90 Å². The van der Waals surface area contributed by atoms with Gasteiger partial charge in [-0.15, -0.1) is 0 Å². The number of carbonyl (C=O) groups excluding carboxylic acids is 1. The molecule has 1 atom stereocenters. The first-order valence-electron chi connectivity index (χ1n) is 10.7. The Kier molecular flexibility index (Phi) is 6.43. The number of hydrogen-bond acceptors (Lipinski definition) is 4. The van der Waals surface area contributed by atoms with Gasteiger partial charge in [0.2, 0.25) is 0 Å². The summed E-state index contributed by atoms with van der Waals surface area (Å²) in [7, 11) is 0. The molecule has 2 aliphatic rings. The van der Waals surface area contributed by atoms with Gasteiger partial charge in [0.1, 0.15) is 0 Å². The number of ether oxygens (including phenoxy) is 1. The number of nitrogens with one attached hydrogen (secondary N) is 1. The van der Waals surface area contributed by atoms with Crippen molar-refractivity contribution >= 4 is 12.0 Å². The van der Waals surface area contributed by atoms with Crippen LogP contribution in [0.15, 0.2) is 48.5 Å². The smallest absolute Gasteiger partial charge is 0.330 e. The summed E-state index contributed by atoms with van der Waals surface area (Å²) in [4.78, 5) is 14.1. The van der Waals surface area contributed by atoms with Crippen molar-refractivity contribution in [1.82, 2.24) is 10.2 Å². The Hall–Kier alpha value is -2.43. The first kappa shape index (κ1) is 19.9. The van der Waals surface area contributed by atoms with Crippen LogP contribution >= 0.6 is 0 Å². The van der Waals surface area contributed by atoms with Crippen molar-refractivity contribution in [3.8, 4) is 0 Å². The Morgan fingerprint density at radius 2 is 2.00 bits per heavy atom. The highest BCUT2D eigenvalue weighted by Crippen LogP contribution is 2.32. The van der Waals surface area contributed by atoms with Crippen molar-refractivity contribution in [2.75, 3.05) is 19.7 Å².